The third-order valence-electron chi connectivity index (χ3n) is 3.32. The first-order chi connectivity index (χ1) is 11.6. The molecule has 1 aromatic heterocycles. The molecule has 6 heteroatoms. The van der Waals surface area contributed by atoms with Crippen LogP contribution in [0.5, 0.6) is 5.75 Å². The van der Waals surface area contributed by atoms with Gasteiger partial charge in [0.25, 0.3) is 5.91 Å². The third-order valence-corrected chi connectivity index (χ3v) is 4.97. The van der Waals surface area contributed by atoms with E-state index in [0.717, 1.165) is 21.3 Å². The number of hydrogen-bond donors (Lipinski definition) is 1. The molecule has 0 radical (unpaired) electrons. The molecule has 0 aliphatic rings. The van der Waals surface area contributed by atoms with Gasteiger partial charge in [-0.15, -0.1) is 11.3 Å². The lowest BCUT2D eigenvalue weighted by molar-refractivity contribution is -0.118. The molecule has 3 rings (SSSR count). The summed E-state index contributed by atoms with van der Waals surface area (Å²) in [6.07, 6.45) is 0. The Kier molecular flexibility index (Phi) is 5.27. The van der Waals surface area contributed by atoms with E-state index < -0.39 is 0 Å². The van der Waals surface area contributed by atoms with Crippen molar-refractivity contribution < 1.29 is 9.53 Å². The normalized spacial score (nSPS) is 10.4. The minimum Gasteiger partial charge on any atom is -0.484 e. The van der Waals surface area contributed by atoms with Crippen LogP contribution in [0.15, 0.2) is 58.4 Å². The summed E-state index contributed by atoms with van der Waals surface area (Å²) < 4.78 is 6.52. The molecule has 0 unspecified atom stereocenters. The molecule has 1 N–H and O–H groups in total. The Morgan fingerprint density at radius 3 is 2.79 bits per heavy atom. The van der Waals surface area contributed by atoms with Crippen molar-refractivity contribution in [3.63, 3.8) is 0 Å². The van der Waals surface area contributed by atoms with E-state index in [4.69, 9.17) is 4.74 Å². The van der Waals surface area contributed by atoms with Crippen LogP contribution >= 0.6 is 27.3 Å². The highest BCUT2D eigenvalue weighted by Crippen LogP contribution is 2.25. The molecular weight excluding hydrogens is 388 g/mol. The summed E-state index contributed by atoms with van der Waals surface area (Å²) in [6.45, 7) is 1.92. The third kappa shape index (κ3) is 4.21. The molecule has 3 aromatic rings. The Balaban J connectivity index is 1.57. The first-order valence-corrected chi connectivity index (χ1v) is 8.99. The summed E-state index contributed by atoms with van der Waals surface area (Å²) in [4.78, 5) is 16.4. The molecule has 0 saturated carbocycles. The number of carbonyl (C=O) groups excluding carboxylic acids is 1. The summed E-state index contributed by atoms with van der Waals surface area (Å²) >= 11 is 4.83. The largest absolute Gasteiger partial charge is 0.484 e. The number of benzene rings is 2. The molecule has 0 saturated heterocycles. The standard InChI is InChI=1S/C18H15BrN2O2S/c1-12-9-14(7-8-15(12)19)23-10-17(22)21-18-20-16(11-24-18)13-5-3-2-4-6-13/h2-9,11H,10H2,1H3,(H,20,21,22). The SMILES string of the molecule is Cc1cc(OCC(=O)Nc2nc(-c3ccccc3)cs2)ccc1Br. The number of ether oxygens (including phenoxy) is 1. The Morgan fingerprint density at radius 1 is 1.25 bits per heavy atom. The van der Waals surface area contributed by atoms with Crippen LogP contribution < -0.4 is 10.1 Å². The van der Waals surface area contributed by atoms with E-state index in [1.807, 2.05) is 60.8 Å². The Bertz CT molecular complexity index is 849. The maximum Gasteiger partial charge on any atom is 0.264 e. The van der Waals surface area contributed by atoms with Gasteiger partial charge in [0.15, 0.2) is 11.7 Å². The fourth-order valence-corrected chi connectivity index (χ4v) is 3.07. The molecule has 1 amide bonds. The number of nitrogens with one attached hydrogen (secondary N) is 1. The zero-order chi connectivity index (χ0) is 16.9. The molecule has 0 fully saturated rings. The van der Waals surface area contributed by atoms with Crippen molar-refractivity contribution in [3.8, 4) is 17.0 Å². The van der Waals surface area contributed by atoms with Crippen molar-refractivity contribution in [2.75, 3.05) is 11.9 Å². The molecule has 2 aromatic carbocycles. The van der Waals surface area contributed by atoms with E-state index in [1.165, 1.54) is 11.3 Å². The average Bonchev–Trinajstić information content (AvgIpc) is 3.05. The number of rotatable bonds is 5. The maximum absolute atomic E-state index is 12.0. The second-order valence-electron chi connectivity index (χ2n) is 5.15. The maximum atomic E-state index is 12.0. The van der Waals surface area contributed by atoms with Crippen molar-refractivity contribution in [2.45, 2.75) is 6.92 Å². The van der Waals surface area contributed by atoms with Gasteiger partial charge in [-0.2, -0.15) is 0 Å². The van der Waals surface area contributed by atoms with Crippen LogP contribution in [0, 0.1) is 6.92 Å². The van der Waals surface area contributed by atoms with Crippen LogP contribution in [0.25, 0.3) is 11.3 Å². The summed E-state index contributed by atoms with van der Waals surface area (Å²) in [5.74, 6) is 0.430. The van der Waals surface area contributed by atoms with E-state index in [9.17, 15) is 4.79 Å². The van der Waals surface area contributed by atoms with Gasteiger partial charge in [-0.05, 0) is 30.7 Å². The molecule has 0 atom stereocenters. The molecule has 0 spiro atoms. The smallest absolute Gasteiger partial charge is 0.264 e. The number of amides is 1. The van der Waals surface area contributed by atoms with Crippen LogP contribution in [0.4, 0.5) is 5.13 Å². The van der Waals surface area contributed by atoms with Crippen molar-refractivity contribution >= 4 is 38.3 Å². The van der Waals surface area contributed by atoms with Crippen molar-refractivity contribution in [3.05, 3.63) is 63.9 Å². The van der Waals surface area contributed by atoms with Crippen LogP contribution in [0.3, 0.4) is 0 Å². The van der Waals surface area contributed by atoms with E-state index in [0.29, 0.717) is 10.9 Å². The zero-order valence-electron chi connectivity index (χ0n) is 13.0. The molecule has 1 heterocycles. The number of anilines is 1. The first kappa shape index (κ1) is 16.7. The van der Waals surface area contributed by atoms with Crippen molar-refractivity contribution in [1.29, 1.82) is 0 Å². The van der Waals surface area contributed by atoms with Crippen molar-refractivity contribution in [1.82, 2.24) is 4.98 Å². The van der Waals surface area contributed by atoms with Gasteiger partial charge in [-0.25, -0.2) is 4.98 Å². The molecular formula is C18H15BrN2O2S. The van der Waals surface area contributed by atoms with Crippen LogP contribution in [-0.4, -0.2) is 17.5 Å². The molecule has 24 heavy (non-hydrogen) atoms. The summed E-state index contributed by atoms with van der Waals surface area (Å²) in [7, 11) is 0. The predicted molar refractivity (Wildman–Crippen MR) is 101 cm³/mol. The van der Waals surface area contributed by atoms with Crippen LogP contribution in [0.1, 0.15) is 5.56 Å². The number of hydrogen-bond acceptors (Lipinski definition) is 4. The quantitative estimate of drug-likeness (QED) is 0.660. The highest BCUT2D eigenvalue weighted by molar-refractivity contribution is 9.10. The lowest BCUT2D eigenvalue weighted by Gasteiger charge is -2.07. The Hall–Kier alpha value is -2.18. The molecule has 0 aliphatic heterocycles. The summed E-state index contributed by atoms with van der Waals surface area (Å²) in [5, 5.41) is 5.25. The van der Waals surface area contributed by atoms with E-state index in [2.05, 4.69) is 26.2 Å². The molecule has 0 bridgehead atoms. The monoisotopic (exact) mass is 402 g/mol. The minimum absolute atomic E-state index is 0.0542. The van der Waals surface area contributed by atoms with Crippen LogP contribution in [0.2, 0.25) is 0 Å². The highest BCUT2D eigenvalue weighted by Gasteiger charge is 2.09. The van der Waals surface area contributed by atoms with Gasteiger partial charge in [0.05, 0.1) is 5.69 Å². The summed E-state index contributed by atoms with van der Waals surface area (Å²) in [5.41, 5.74) is 2.93. The fourth-order valence-electron chi connectivity index (χ4n) is 2.08. The number of thiazole rings is 1. The van der Waals surface area contributed by atoms with E-state index in [1.54, 1.807) is 0 Å². The van der Waals surface area contributed by atoms with Gasteiger partial charge in [-0.3, -0.25) is 10.1 Å². The van der Waals surface area contributed by atoms with Gasteiger partial charge in [0, 0.05) is 15.4 Å². The van der Waals surface area contributed by atoms with Gasteiger partial charge in [0.1, 0.15) is 5.75 Å². The molecule has 4 nitrogen and oxygen atoms in total. The number of aromatic nitrogens is 1. The highest BCUT2D eigenvalue weighted by atomic mass is 79.9. The topological polar surface area (TPSA) is 51.2 Å². The molecule has 0 aliphatic carbocycles. The number of aryl methyl sites for hydroxylation is 1. The Labute approximate surface area is 152 Å². The second kappa shape index (κ2) is 7.59. The summed E-state index contributed by atoms with van der Waals surface area (Å²) in [6, 6.07) is 15.5. The van der Waals surface area contributed by atoms with Gasteiger partial charge in [0.2, 0.25) is 0 Å². The van der Waals surface area contributed by atoms with E-state index >= 15 is 0 Å². The fraction of sp³-hybridized carbons (Fsp3) is 0.111. The van der Waals surface area contributed by atoms with Gasteiger partial charge in [-0.1, -0.05) is 46.3 Å². The average molecular weight is 403 g/mol. The van der Waals surface area contributed by atoms with Gasteiger partial charge >= 0.3 is 0 Å². The van der Waals surface area contributed by atoms with Gasteiger partial charge < -0.3 is 4.74 Å². The second-order valence-corrected chi connectivity index (χ2v) is 6.86. The number of carbonyl (C=O) groups is 1. The van der Waals surface area contributed by atoms with Crippen LogP contribution in [-0.2, 0) is 4.79 Å². The lowest BCUT2D eigenvalue weighted by Crippen LogP contribution is -2.20. The first-order valence-electron chi connectivity index (χ1n) is 7.31. The predicted octanol–water partition coefficient (Wildman–Crippen LogP) is 4.90. The van der Waals surface area contributed by atoms with Crippen molar-refractivity contribution in [2.24, 2.45) is 0 Å². The molecule has 122 valence electrons. The number of halogens is 1. The minimum atomic E-state index is -0.232. The van der Waals surface area contributed by atoms with E-state index in [-0.39, 0.29) is 12.5 Å². The number of nitrogens with zero attached hydrogens (tertiary/aromatic N) is 1. The lowest BCUT2D eigenvalue weighted by atomic mass is 10.2. The zero-order valence-corrected chi connectivity index (χ0v) is 15.4. The Morgan fingerprint density at radius 2 is 2.04 bits per heavy atom.